The van der Waals surface area contributed by atoms with Gasteiger partial charge in [0.25, 0.3) is 0 Å². The van der Waals surface area contributed by atoms with Gasteiger partial charge in [-0.2, -0.15) is 0 Å². The molecule has 3 heteroatoms. The minimum absolute atomic E-state index is 0.297. The van der Waals surface area contributed by atoms with Crippen molar-refractivity contribution in [2.45, 2.75) is 77.9 Å². The molecule has 20 heavy (non-hydrogen) atoms. The Kier molecular flexibility index (Phi) is 7.49. The van der Waals surface area contributed by atoms with Gasteiger partial charge in [0.1, 0.15) is 0 Å². The summed E-state index contributed by atoms with van der Waals surface area (Å²) in [7, 11) is 1.84. The third-order valence-corrected chi connectivity index (χ3v) is 5.17. The van der Waals surface area contributed by atoms with Gasteiger partial charge in [-0.1, -0.05) is 41.0 Å². The second-order valence-electron chi connectivity index (χ2n) is 6.75. The SMILES string of the molecule is CCCC(COC)N1CC(CC)(CC)NCC1C(C)C. The van der Waals surface area contributed by atoms with Crippen molar-refractivity contribution in [2.75, 3.05) is 26.8 Å². The summed E-state index contributed by atoms with van der Waals surface area (Å²) in [6.07, 6.45) is 4.88. The summed E-state index contributed by atoms with van der Waals surface area (Å²) in [6, 6.07) is 1.20. The highest BCUT2D eigenvalue weighted by Crippen LogP contribution is 2.28. The molecule has 1 fully saturated rings. The lowest BCUT2D eigenvalue weighted by Crippen LogP contribution is -2.67. The molecule has 0 spiro atoms. The van der Waals surface area contributed by atoms with Gasteiger partial charge in [-0.15, -0.1) is 0 Å². The standard InChI is InChI=1S/C17H36N2O/c1-7-10-15(12-20-6)19-13-17(8-2,9-3)18-11-16(19)14(4)5/h14-16,18H,7-13H2,1-6H3. The first-order valence-electron chi connectivity index (χ1n) is 8.53. The molecule has 0 radical (unpaired) electrons. The van der Waals surface area contributed by atoms with Crippen molar-refractivity contribution in [1.29, 1.82) is 0 Å². The molecule has 2 unspecified atom stereocenters. The van der Waals surface area contributed by atoms with Crippen LogP contribution in [0.1, 0.15) is 60.3 Å². The Bertz CT molecular complexity index is 258. The van der Waals surface area contributed by atoms with Crippen LogP contribution < -0.4 is 5.32 Å². The molecule has 0 saturated carbocycles. The summed E-state index contributed by atoms with van der Waals surface area (Å²) in [5.41, 5.74) is 0.297. The number of ether oxygens (including phenoxy) is 1. The minimum atomic E-state index is 0.297. The average molecular weight is 284 g/mol. The van der Waals surface area contributed by atoms with Crippen LogP contribution in [0.3, 0.4) is 0 Å². The fourth-order valence-corrected chi connectivity index (χ4v) is 3.57. The van der Waals surface area contributed by atoms with Crippen molar-refractivity contribution >= 4 is 0 Å². The molecule has 0 aromatic carbocycles. The first-order chi connectivity index (χ1) is 9.53. The van der Waals surface area contributed by atoms with Gasteiger partial charge >= 0.3 is 0 Å². The van der Waals surface area contributed by atoms with Crippen molar-refractivity contribution in [3.05, 3.63) is 0 Å². The maximum atomic E-state index is 5.51. The van der Waals surface area contributed by atoms with Crippen LogP contribution in [0.15, 0.2) is 0 Å². The molecule has 120 valence electrons. The van der Waals surface area contributed by atoms with Crippen molar-refractivity contribution in [3.8, 4) is 0 Å². The van der Waals surface area contributed by atoms with Crippen molar-refractivity contribution in [2.24, 2.45) is 5.92 Å². The Morgan fingerprint density at radius 2 is 1.90 bits per heavy atom. The van der Waals surface area contributed by atoms with E-state index in [9.17, 15) is 0 Å². The van der Waals surface area contributed by atoms with Crippen molar-refractivity contribution < 1.29 is 4.74 Å². The van der Waals surface area contributed by atoms with E-state index in [2.05, 4.69) is 44.8 Å². The summed E-state index contributed by atoms with van der Waals surface area (Å²) in [4.78, 5) is 2.75. The van der Waals surface area contributed by atoms with E-state index in [1.807, 2.05) is 7.11 Å². The van der Waals surface area contributed by atoms with Gasteiger partial charge in [0.15, 0.2) is 0 Å². The van der Waals surface area contributed by atoms with Crippen LogP contribution in [0.5, 0.6) is 0 Å². The summed E-state index contributed by atoms with van der Waals surface area (Å²) >= 11 is 0. The van der Waals surface area contributed by atoms with Crippen molar-refractivity contribution in [1.82, 2.24) is 10.2 Å². The predicted octanol–water partition coefficient (Wildman–Crippen LogP) is 3.29. The second kappa shape index (κ2) is 8.35. The Balaban J connectivity index is 2.91. The number of nitrogens with zero attached hydrogens (tertiary/aromatic N) is 1. The molecule has 0 aromatic heterocycles. The zero-order chi connectivity index (χ0) is 15.2. The predicted molar refractivity (Wildman–Crippen MR) is 87.2 cm³/mol. The highest BCUT2D eigenvalue weighted by atomic mass is 16.5. The van der Waals surface area contributed by atoms with Gasteiger partial charge in [0.2, 0.25) is 0 Å². The molecule has 1 saturated heterocycles. The molecule has 0 amide bonds. The molecule has 0 bridgehead atoms. The fourth-order valence-electron chi connectivity index (χ4n) is 3.57. The number of hydrogen-bond acceptors (Lipinski definition) is 3. The van der Waals surface area contributed by atoms with Crippen LogP contribution in [0.25, 0.3) is 0 Å². The van der Waals surface area contributed by atoms with E-state index in [1.165, 1.54) is 25.7 Å². The van der Waals surface area contributed by atoms with Gasteiger partial charge in [0, 0.05) is 37.8 Å². The van der Waals surface area contributed by atoms with Crippen molar-refractivity contribution in [3.63, 3.8) is 0 Å². The van der Waals surface area contributed by atoms with E-state index >= 15 is 0 Å². The van der Waals surface area contributed by atoms with E-state index in [1.54, 1.807) is 0 Å². The van der Waals surface area contributed by atoms with E-state index in [4.69, 9.17) is 4.74 Å². The smallest absolute Gasteiger partial charge is 0.0618 e. The molecule has 2 atom stereocenters. The summed E-state index contributed by atoms with van der Waals surface area (Å²) in [5.74, 6) is 0.686. The lowest BCUT2D eigenvalue weighted by Gasteiger charge is -2.51. The van der Waals surface area contributed by atoms with Crippen LogP contribution in [-0.2, 0) is 4.74 Å². The molecular formula is C17H36N2O. The van der Waals surface area contributed by atoms with E-state index < -0.39 is 0 Å². The van der Waals surface area contributed by atoms with Gasteiger partial charge in [0.05, 0.1) is 6.61 Å². The van der Waals surface area contributed by atoms with Crippen LogP contribution in [0.4, 0.5) is 0 Å². The maximum Gasteiger partial charge on any atom is 0.0618 e. The molecule has 0 aliphatic carbocycles. The lowest BCUT2D eigenvalue weighted by molar-refractivity contribution is -0.0133. The lowest BCUT2D eigenvalue weighted by atomic mass is 9.85. The van der Waals surface area contributed by atoms with E-state index in [0.29, 0.717) is 23.5 Å². The molecule has 1 N–H and O–H groups in total. The maximum absolute atomic E-state index is 5.51. The Hall–Kier alpha value is -0.120. The molecular weight excluding hydrogens is 248 g/mol. The van der Waals surface area contributed by atoms with E-state index in [-0.39, 0.29) is 0 Å². The normalized spacial score (nSPS) is 25.1. The summed E-state index contributed by atoms with van der Waals surface area (Å²) in [6.45, 7) is 14.7. The molecule has 1 rings (SSSR count). The van der Waals surface area contributed by atoms with Gasteiger partial charge in [-0.25, -0.2) is 0 Å². The zero-order valence-electron chi connectivity index (χ0n) is 14.5. The topological polar surface area (TPSA) is 24.5 Å². The van der Waals surface area contributed by atoms with E-state index in [0.717, 1.165) is 19.7 Å². The molecule has 0 aromatic rings. The van der Waals surface area contributed by atoms with Gasteiger partial charge < -0.3 is 10.1 Å². The minimum Gasteiger partial charge on any atom is -0.383 e. The Labute approximate surface area is 126 Å². The van der Waals surface area contributed by atoms with Crippen LogP contribution in [0.2, 0.25) is 0 Å². The average Bonchev–Trinajstić information content (AvgIpc) is 2.46. The molecule has 1 aliphatic rings. The number of hydrogen-bond donors (Lipinski definition) is 1. The summed E-state index contributed by atoms with van der Waals surface area (Å²) < 4.78 is 5.51. The molecule has 1 heterocycles. The first kappa shape index (κ1) is 17.9. The van der Waals surface area contributed by atoms with Gasteiger partial charge in [-0.05, 0) is 25.2 Å². The number of piperazine rings is 1. The monoisotopic (exact) mass is 284 g/mol. The quantitative estimate of drug-likeness (QED) is 0.740. The highest BCUT2D eigenvalue weighted by molar-refractivity contribution is 4.99. The zero-order valence-corrected chi connectivity index (χ0v) is 14.5. The third kappa shape index (κ3) is 4.19. The second-order valence-corrected chi connectivity index (χ2v) is 6.75. The highest BCUT2D eigenvalue weighted by Gasteiger charge is 2.40. The van der Waals surface area contributed by atoms with Crippen LogP contribution in [0, 0.1) is 5.92 Å². The van der Waals surface area contributed by atoms with Crippen LogP contribution in [-0.4, -0.2) is 49.3 Å². The Morgan fingerprint density at radius 1 is 1.25 bits per heavy atom. The number of rotatable bonds is 8. The molecule has 3 nitrogen and oxygen atoms in total. The third-order valence-electron chi connectivity index (χ3n) is 5.17. The Morgan fingerprint density at radius 3 is 2.35 bits per heavy atom. The van der Waals surface area contributed by atoms with Crippen LogP contribution >= 0.6 is 0 Å². The largest absolute Gasteiger partial charge is 0.383 e. The molecule has 1 aliphatic heterocycles. The number of nitrogens with one attached hydrogen (secondary N) is 1. The van der Waals surface area contributed by atoms with Gasteiger partial charge in [-0.3, -0.25) is 4.90 Å². The summed E-state index contributed by atoms with van der Waals surface area (Å²) in [5, 5.41) is 3.85. The fraction of sp³-hybridized carbons (Fsp3) is 1.00. The number of methoxy groups -OCH3 is 1. The first-order valence-corrected chi connectivity index (χ1v) is 8.53.